The number of ether oxygens (including phenoxy) is 2. The topological polar surface area (TPSA) is 93.7 Å². The first-order valence-corrected chi connectivity index (χ1v) is 7.89. The van der Waals surface area contributed by atoms with Crippen LogP contribution < -0.4 is 15.6 Å². The molecule has 0 unspecified atom stereocenters. The lowest BCUT2D eigenvalue weighted by molar-refractivity contribution is -0.123. The second-order valence-electron chi connectivity index (χ2n) is 5.56. The van der Waals surface area contributed by atoms with Crippen molar-refractivity contribution < 1.29 is 23.9 Å². The summed E-state index contributed by atoms with van der Waals surface area (Å²) in [5, 5.41) is 0. The molecule has 0 saturated heterocycles. The SMILES string of the molecule is COC(=O)c1ccc(C(=O)NNC(=O)COc2cccc(C)c2C)cc1. The maximum absolute atomic E-state index is 12.0. The summed E-state index contributed by atoms with van der Waals surface area (Å²) in [7, 11) is 1.28. The smallest absolute Gasteiger partial charge is 0.337 e. The van der Waals surface area contributed by atoms with Crippen molar-refractivity contribution in [3.05, 3.63) is 64.7 Å². The number of rotatable bonds is 5. The van der Waals surface area contributed by atoms with Crippen molar-refractivity contribution >= 4 is 17.8 Å². The van der Waals surface area contributed by atoms with Gasteiger partial charge >= 0.3 is 5.97 Å². The van der Waals surface area contributed by atoms with E-state index in [-0.39, 0.29) is 12.2 Å². The van der Waals surface area contributed by atoms with Crippen molar-refractivity contribution in [2.24, 2.45) is 0 Å². The largest absolute Gasteiger partial charge is 0.483 e. The van der Waals surface area contributed by atoms with Gasteiger partial charge in [-0.1, -0.05) is 12.1 Å². The van der Waals surface area contributed by atoms with Gasteiger partial charge in [-0.3, -0.25) is 20.4 Å². The van der Waals surface area contributed by atoms with Crippen molar-refractivity contribution in [2.75, 3.05) is 13.7 Å². The van der Waals surface area contributed by atoms with Gasteiger partial charge in [-0.05, 0) is 55.3 Å². The number of benzene rings is 2. The van der Waals surface area contributed by atoms with Crippen molar-refractivity contribution in [1.82, 2.24) is 10.9 Å². The monoisotopic (exact) mass is 356 g/mol. The molecule has 0 aliphatic carbocycles. The van der Waals surface area contributed by atoms with Crippen molar-refractivity contribution in [2.45, 2.75) is 13.8 Å². The highest BCUT2D eigenvalue weighted by atomic mass is 16.5. The van der Waals surface area contributed by atoms with Crippen LogP contribution in [0.1, 0.15) is 31.8 Å². The molecule has 136 valence electrons. The molecule has 7 heteroatoms. The first-order valence-electron chi connectivity index (χ1n) is 7.89. The van der Waals surface area contributed by atoms with E-state index in [0.717, 1.165) is 11.1 Å². The van der Waals surface area contributed by atoms with E-state index in [4.69, 9.17) is 4.74 Å². The Kier molecular flexibility index (Phi) is 6.32. The van der Waals surface area contributed by atoms with Crippen LogP contribution in [0.2, 0.25) is 0 Å². The summed E-state index contributed by atoms with van der Waals surface area (Å²) in [5.41, 5.74) is 7.20. The van der Waals surface area contributed by atoms with Gasteiger partial charge in [0.25, 0.3) is 11.8 Å². The molecule has 0 aliphatic heterocycles. The van der Waals surface area contributed by atoms with Crippen LogP contribution in [-0.2, 0) is 9.53 Å². The third-order valence-electron chi connectivity index (χ3n) is 3.80. The summed E-state index contributed by atoms with van der Waals surface area (Å²) in [4.78, 5) is 35.2. The number of hydrazine groups is 1. The number of methoxy groups -OCH3 is 1. The van der Waals surface area contributed by atoms with Crippen LogP contribution in [0.25, 0.3) is 0 Å². The minimum atomic E-state index is -0.512. The molecule has 2 amide bonds. The average Bonchev–Trinajstić information content (AvgIpc) is 2.66. The lowest BCUT2D eigenvalue weighted by Crippen LogP contribution is -2.43. The minimum Gasteiger partial charge on any atom is -0.483 e. The number of aryl methyl sites for hydroxylation is 1. The van der Waals surface area contributed by atoms with Crippen LogP contribution >= 0.6 is 0 Å². The first-order chi connectivity index (χ1) is 12.4. The summed E-state index contributed by atoms with van der Waals surface area (Å²) < 4.78 is 10.0. The van der Waals surface area contributed by atoms with Crippen LogP contribution in [0, 0.1) is 13.8 Å². The van der Waals surface area contributed by atoms with E-state index in [9.17, 15) is 14.4 Å². The predicted molar refractivity (Wildman–Crippen MR) is 94.8 cm³/mol. The highest BCUT2D eigenvalue weighted by Crippen LogP contribution is 2.20. The quantitative estimate of drug-likeness (QED) is 0.631. The molecule has 2 N–H and O–H groups in total. The van der Waals surface area contributed by atoms with Crippen LogP contribution in [0.4, 0.5) is 0 Å². The molecule has 0 saturated carbocycles. The summed E-state index contributed by atoms with van der Waals surface area (Å²) in [6.07, 6.45) is 0. The Labute approximate surface area is 151 Å². The first kappa shape index (κ1) is 19.0. The summed E-state index contributed by atoms with van der Waals surface area (Å²) in [6, 6.07) is 11.4. The van der Waals surface area contributed by atoms with Crippen molar-refractivity contribution in [3.8, 4) is 5.75 Å². The zero-order chi connectivity index (χ0) is 19.1. The number of esters is 1. The van der Waals surface area contributed by atoms with E-state index in [2.05, 4.69) is 15.6 Å². The maximum Gasteiger partial charge on any atom is 0.337 e. The van der Waals surface area contributed by atoms with Crippen LogP contribution in [0.15, 0.2) is 42.5 Å². The number of carbonyl (C=O) groups is 3. The number of nitrogens with one attached hydrogen (secondary N) is 2. The van der Waals surface area contributed by atoms with Gasteiger partial charge in [0.1, 0.15) is 5.75 Å². The Hall–Kier alpha value is -3.35. The van der Waals surface area contributed by atoms with Gasteiger partial charge < -0.3 is 9.47 Å². The van der Waals surface area contributed by atoms with Gasteiger partial charge in [0.05, 0.1) is 12.7 Å². The fourth-order valence-corrected chi connectivity index (χ4v) is 2.13. The molecular weight excluding hydrogens is 336 g/mol. The van der Waals surface area contributed by atoms with Crippen LogP contribution in [-0.4, -0.2) is 31.5 Å². The van der Waals surface area contributed by atoms with Crippen LogP contribution in [0.5, 0.6) is 5.75 Å². The van der Waals surface area contributed by atoms with Gasteiger partial charge in [0.15, 0.2) is 6.61 Å². The minimum absolute atomic E-state index is 0.230. The third-order valence-corrected chi connectivity index (χ3v) is 3.80. The third kappa shape index (κ3) is 4.83. The Bertz CT molecular complexity index is 815. The normalized spacial score (nSPS) is 9.96. The second-order valence-corrected chi connectivity index (χ2v) is 5.56. The number of hydrogen-bond donors (Lipinski definition) is 2. The van der Waals surface area contributed by atoms with Gasteiger partial charge in [0.2, 0.25) is 0 Å². The molecular formula is C19H20N2O5. The predicted octanol–water partition coefficient (Wildman–Crippen LogP) is 1.93. The Morgan fingerprint density at radius 1 is 0.923 bits per heavy atom. The molecule has 2 aromatic carbocycles. The van der Waals surface area contributed by atoms with E-state index in [1.165, 1.54) is 31.4 Å². The molecule has 0 aliphatic rings. The molecule has 2 aromatic rings. The van der Waals surface area contributed by atoms with Crippen LogP contribution in [0.3, 0.4) is 0 Å². The van der Waals surface area contributed by atoms with E-state index in [1.807, 2.05) is 26.0 Å². The zero-order valence-electron chi connectivity index (χ0n) is 14.8. The Morgan fingerprint density at radius 2 is 1.58 bits per heavy atom. The summed E-state index contributed by atoms with van der Waals surface area (Å²) in [6.45, 7) is 3.63. The van der Waals surface area contributed by atoms with Crippen molar-refractivity contribution in [3.63, 3.8) is 0 Å². The van der Waals surface area contributed by atoms with E-state index in [0.29, 0.717) is 11.3 Å². The van der Waals surface area contributed by atoms with E-state index in [1.54, 1.807) is 6.07 Å². The van der Waals surface area contributed by atoms with Gasteiger partial charge in [0, 0.05) is 5.56 Å². The highest BCUT2D eigenvalue weighted by molar-refractivity contribution is 5.97. The number of amides is 2. The van der Waals surface area contributed by atoms with E-state index < -0.39 is 17.8 Å². The summed E-state index contributed by atoms with van der Waals surface area (Å²) in [5.74, 6) is -0.884. The molecule has 0 fully saturated rings. The summed E-state index contributed by atoms with van der Waals surface area (Å²) >= 11 is 0. The maximum atomic E-state index is 12.0. The van der Waals surface area contributed by atoms with Gasteiger partial charge in [-0.25, -0.2) is 4.79 Å². The Balaban J connectivity index is 1.84. The molecule has 0 heterocycles. The average molecular weight is 356 g/mol. The molecule has 7 nitrogen and oxygen atoms in total. The molecule has 0 atom stereocenters. The Morgan fingerprint density at radius 3 is 2.23 bits per heavy atom. The number of hydrogen-bond acceptors (Lipinski definition) is 5. The molecule has 2 rings (SSSR count). The zero-order valence-corrected chi connectivity index (χ0v) is 14.8. The fraction of sp³-hybridized carbons (Fsp3) is 0.211. The molecule has 26 heavy (non-hydrogen) atoms. The molecule has 0 bridgehead atoms. The second kappa shape index (κ2) is 8.66. The lowest BCUT2D eigenvalue weighted by Gasteiger charge is -2.11. The highest BCUT2D eigenvalue weighted by Gasteiger charge is 2.11. The molecule has 0 radical (unpaired) electrons. The van der Waals surface area contributed by atoms with Gasteiger partial charge in [-0.15, -0.1) is 0 Å². The van der Waals surface area contributed by atoms with Crippen molar-refractivity contribution in [1.29, 1.82) is 0 Å². The van der Waals surface area contributed by atoms with E-state index >= 15 is 0 Å². The number of carbonyl (C=O) groups excluding carboxylic acids is 3. The van der Waals surface area contributed by atoms with Gasteiger partial charge in [-0.2, -0.15) is 0 Å². The molecule has 0 aromatic heterocycles. The molecule has 0 spiro atoms. The fourth-order valence-electron chi connectivity index (χ4n) is 2.13. The lowest BCUT2D eigenvalue weighted by atomic mass is 10.1. The standard InChI is InChI=1S/C19H20N2O5/c1-12-5-4-6-16(13(12)2)26-11-17(22)20-21-18(23)14-7-9-15(10-8-14)19(24)25-3/h4-10H,11H2,1-3H3,(H,20,22)(H,21,23).